The van der Waals surface area contributed by atoms with Gasteiger partial charge >= 0.3 is 0 Å². The second-order valence-corrected chi connectivity index (χ2v) is 5.01. The molecule has 1 N–H and O–H groups in total. The number of aromatic nitrogens is 1. The van der Waals surface area contributed by atoms with E-state index in [0.717, 1.165) is 10.1 Å². The summed E-state index contributed by atoms with van der Waals surface area (Å²) >= 11 is 1.50. The van der Waals surface area contributed by atoms with Crippen molar-refractivity contribution in [3.05, 3.63) is 34.6 Å². The molecule has 3 nitrogen and oxygen atoms in total. The maximum Gasteiger partial charge on any atom is 0.268 e. The van der Waals surface area contributed by atoms with Crippen molar-refractivity contribution in [2.75, 3.05) is 0 Å². The number of benzene rings is 1. The molecular weight excluding hydrogens is 210 g/mol. The Morgan fingerprint density at radius 3 is 2.73 bits per heavy atom. The van der Waals surface area contributed by atoms with E-state index in [9.17, 15) is 9.90 Å². The van der Waals surface area contributed by atoms with Crippen molar-refractivity contribution in [1.82, 2.24) is 3.96 Å². The minimum atomic E-state index is -0.216. The minimum absolute atomic E-state index is 0.0903. The highest BCUT2D eigenvalue weighted by Gasteiger charge is 2.30. The van der Waals surface area contributed by atoms with Crippen molar-refractivity contribution in [3.8, 4) is 0 Å². The number of aliphatic hydroxyl groups excluding tert-OH is 1. The lowest BCUT2D eigenvalue weighted by Gasteiger charge is -2.31. The van der Waals surface area contributed by atoms with Gasteiger partial charge in [-0.2, -0.15) is 0 Å². The Hall–Kier alpha value is -1.13. The van der Waals surface area contributed by atoms with E-state index in [4.69, 9.17) is 0 Å². The van der Waals surface area contributed by atoms with Gasteiger partial charge in [0.2, 0.25) is 0 Å². The van der Waals surface area contributed by atoms with Crippen LogP contribution in [0, 0.1) is 0 Å². The lowest BCUT2D eigenvalue weighted by atomic mass is 9.90. The molecule has 1 heterocycles. The van der Waals surface area contributed by atoms with E-state index in [1.807, 2.05) is 24.3 Å². The quantitative estimate of drug-likeness (QED) is 0.797. The van der Waals surface area contributed by atoms with Crippen LogP contribution in [0.1, 0.15) is 18.9 Å². The summed E-state index contributed by atoms with van der Waals surface area (Å²) in [5, 5.41) is 10.0. The monoisotopic (exact) mass is 221 g/mol. The molecule has 1 aromatic carbocycles. The van der Waals surface area contributed by atoms with Crippen LogP contribution in [0.25, 0.3) is 10.1 Å². The number of fused-ring (bicyclic) bond motifs is 1. The molecule has 1 saturated carbocycles. The van der Waals surface area contributed by atoms with Gasteiger partial charge < -0.3 is 5.11 Å². The van der Waals surface area contributed by atoms with E-state index in [1.54, 1.807) is 3.96 Å². The molecule has 78 valence electrons. The van der Waals surface area contributed by atoms with Gasteiger partial charge in [-0.25, -0.2) is 0 Å². The number of aliphatic hydroxyl groups is 1. The van der Waals surface area contributed by atoms with Gasteiger partial charge in [0, 0.05) is 0 Å². The molecule has 0 aliphatic heterocycles. The number of rotatable bonds is 1. The van der Waals surface area contributed by atoms with E-state index in [2.05, 4.69) is 0 Å². The van der Waals surface area contributed by atoms with Crippen LogP contribution in [0.3, 0.4) is 0 Å². The standard InChI is InChI=1S/C11H11NO2S/c13-8-5-7(6-8)12-11(14)9-3-1-2-4-10(9)15-12/h1-4,7-8,13H,5-6H2. The molecule has 0 atom stereocenters. The summed E-state index contributed by atoms with van der Waals surface area (Å²) in [5.41, 5.74) is 0.0903. The lowest BCUT2D eigenvalue weighted by molar-refractivity contribution is 0.0517. The van der Waals surface area contributed by atoms with Gasteiger partial charge in [0.15, 0.2) is 0 Å². The van der Waals surface area contributed by atoms with E-state index < -0.39 is 0 Å². The summed E-state index contributed by atoms with van der Waals surface area (Å²) in [6, 6.07) is 7.87. The first-order valence-corrected chi connectivity index (χ1v) is 5.81. The summed E-state index contributed by atoms with van der Waals surface area (Å²) in [6.45, 7) is 0. The Morgan fingerprint density at radius 2 is 2.07 bits per heavy atom. The van der Waals surface area contributed by atoms with Crippen molar-refractivity contribution in [2.24, 2.45) is 0 Å². The Morgan fingerprint density at radius 1 is 1.33 bits per heavy atom. The van der Waals surface area contributed by atoms with Gasteiger partial charge in [-0.1, -0.05) is 23.7 Å². The normalized spacial score (nSPS) is 25.4. The zero-order valence-corrected chi connectivity index (χ0v) is 8.91. The van der Waals surface area contributed by atoms with Crippen LogP contribution in [0.4, 0.5) is 0 Å². The zero-order valence-electron chi connectivity index (χ0n) is 8.09. The molecule has 1 aliphatic carbocycles. The van der Waals surface area contributed by atoms with Crippen LogP contribution in [-0.2, 0) is 0 Å². The first-order valence-electron chi connectivity index (χ1n) is 5.04. The molecule has 2 aromatic rings. The summed E-state index contributed by atoms with van der Waals surface area (Å²) < 4.78 is 2.83. The van der Waals surface area contributed by atoms with Crippen LogP contribution >= 0.6 is 11.5 Å². The van der Waals surface area contributed by atoms with Gasteiger partial charge in [0.25, 0.3) is 5.56 Å². The third kappa shape index (κ3) is 1.33. The Labute approximate surface area is 90.7 Å². The van der Waals surface area contributed by atoms with E-state index in [1.165, 1.54) is 11.5 Å². The second-order valence-electron chi connectivity index (χ2n) is 4.00. The maximum absolute atomic E-state index is 12.0. The molecule has 0 spiro atoms. The molecule has 1 aliphatic rings. The number of hydrogen-bond acceptors (Lipinski definition) is 3. The van der Waals surface area contributed by atoms with E-state index in [-0.39, 0.29) is 17.7 Å². The van der Waals surface area contributed by atoms with Crippen molar-refractivity contribution >= 4 is 21.6 Å². The number of hydrogen-bond donors (Lipinski definition) is 1. The largest absolute Gasteiger partial charge is 0.393 e. The predicted octanol–water partition coefficient (Wildman–Crippen LogP) is 1.76. The van der Waals surface area contributed by atoms with Crippen LogP contribution in [0.2, 0.25) is 0 Å². The maximum atomic E-state index is 12.0. The third-order valence-corrected chi connectivity index (χ3v) is 4.15. The molecule has 1 fully saturated rings. The van der Waals surface area contributed by atoms with Crippen LogP contribution < -0.4 is 5.56 Å². The van der Waals surface area contributed by atoms with Crippen LogP contribution in [-0.4, -0.2) is 15.2 Å². The van der Waals surface area contributed by atoms with Crippen molar-refractivity contribution in [2.45, 2.75) is 25.0 Å². The summed E-state index contributed by atoms with van der Waals surface area (Å²) in [4.78, 5) is 12.0. The lowest BCUT2D eigenvalue weighted by Crippen LogP contribution is -2.34. The average molecular weight is 221 g/mol. The highest BCUT2D eigenvalue weighted by molar-refractivity contribution is 7.13. The fraction of sp³-hybridized carbons (Fsp3) is 0.364. The molecule has 3 rings (SSSR count). The molecule has 15 heavy (non-hydrogen) atoms. The topological polar surface area (TPSA) is 42.2 Å². The smallest absolute Gasteiger partial charge is 0.268 e. The van der Waals surface area contributed by atoms with E-state index in [0.29, 0.717) is 12.8 Å². The van der Waals surface area contributed by atoms with Crippen LogP contribution in [0.15, 0.2) is 29.1 Å². The molecule has 4 heteroatoms. The molecule has 0 saturated heterocycles. The van der Waals surface area contributed by atoms with Gasteiger partial charge in [-0.15, -0.1) is 0 Å². The SMILES string of the molecule is O=c1c2ccccc2sn1C1CC(O)C1. The molecular formula is C11H11NO2S. The molecule has 0 amide bonds. The first kappa shape index (κ1) is 9.12. The van der Waals surface area contributed by atoms with Gasteiger partial charge in [-0.3, -0.25) is 8.75 Å². The highest BCUT2D eigenvalue weighted by Crippen LogP contribution is 2.33. The zero-order chi connectivity index (χ0) is 10.4. The van der Waals surface area contributed by atoms with Crippen LogP contribution in [0.5, 0.6) is 0 Å². The first-order chi connectivity index (χ1) is 7.25. The Balaban J connectivity index is 2.12. The second kappa shape index (κ2) is 3.18. The summed E-state index contributed by atoms with van der Waals surface area (Å²) in [5.74, 6) is 0. The summed E-state index contributed by atoms with van der Waals surface area (Å²) in [6.07, 6.45) is 1.21. The minimum Gasteiger partial charge on any atom is -0.393 e. The fourth-order valence-corrected chi connectivity index (χ4v) is 3.09. The molecule has 0 bridgehead atoms. The van der Waals surface area contributed by atoms with Crippen molar-refractivity contribution in [3.63, 3.8) is 0 Å². The predicted molar refractivity (Wildman–Crippen MR) is 60.4 cm³/mol. The molecule has 0 radical (unpaired) electrons. The Kier molecular flexibility index (Phi) is 1.94. The molecule has 0 unspecified atom stereocenters. The van der Waals surface area contributed by atoms with Gasteiger partial charge in [0.05, 0.1) is 22.2 Å². The average Bonchev–Trinajstić information content (AvgIpc) is 2.52. The van der Waals surface area contributed by atoms with Crippen molar-refractivity contribution < 1.29 is 5.11 Å². The number of nitrogens with zero attached hydrogens (tertiary/aromatic N) is 1. The molecule has 1 aromatic heterocycles. The third-order valence-electron chi connectivity index (χ3n) is 2.93. The Bertz CT molecular complexity index is 551. The van der Waals surface area contributed by atoms with Crippen molar-refractivity contribution in [1.29, 1.82) is 0 Å². The summed E-state index contributed by atoms with van der Waals surface area (Å²) in [7, 11) is 0. The highest BCUT2D eigenvalue weighted by atomic mass is 32.1. The van der Waals surface area contributed by atoms with E-state index >= 15 is 0 Å². The fourth-order valence-electron chi connectivity index (χ4n) is 1.98. The van der Waals surface area contributed by atoms with Gasteiger partial charge in [0.1, 0.15) is 0 Å². The van der Waals surface area contributed by atoms with Gasteiger partial charge in [-0.05, 0) is 25.0 Å².